The number of hydrogen-bond acceptors (Lipinski definition) is 5. The van der Waals surface area contributed by atoms with Gasteiger partial charge in [-0.1, -0.05) is 23.7 Å². The van der Waals surface area contributed by atoms with Crippen LogP contribution in [0, 0.1) is 11.8 Å². The van der Waals surface area contributed by atoms with Crippen molar-refractivity contribution in [3.63, 3.8) is 0 Å². The zero-order valence-corrected chi connectivity index (χ0v) is 23.2. The molecule has 2 aliphatic heterocycles. The van der Waals surface area contributed by atoms with Gasteiger partial charge in [-0.3, -0.25) is 24.3 Å². The summed E-state index contributed by atoms with van der Waals surface area (Å²) in [4.78, 5) is 53.6. The molecule has 0 saturated heterocycles. The Kier molecular flexibility index (Phi) is 7.65. The normalized spacial score (nSPS) is 22.9. The lowest BCUT2D eigenvalue weighted by atomic mass is 9.80. The molecule has 7 nitrogen and oxygen atoms in total. The summed E-state index contributed by atoms with van der Waals surface area (Å²) in [6, 6.07) is 14.2. The zero-order valence-electron chi connectivity index (χ0n) is 22.5. The number of halogens is 1. The number of aryl methyl sites for hydroxylation is 1. The van der Waals surface area contributed by atoms with E-state index in [0.29, 0.717) is 35.7 Å². The molecule has 2 aromatic heterocycles. The number of hydrogen-bond donors (Lipinski definition) is 0. The summed E-state index contributed by atoms with van der Waals surface area (Å²) in [7, 11) is 0. The molecule has 0 spiro atoms. The number of amides is 2. The SMILES string of the molecule is O=C1Cc2cc(Cl)ccc2C(=O)N(CC2CCC(C(=O)N3CCCc4cccnc43)CC2)[C@@H]1Cc1ccccn1. The van der Waals surface area contributed by atoms with Gasteiger partial charge in [0.2, 0.25) is 5.91 Å². The Labute approximate surface area is 239 Å². The maximum Gasteiger partial charge on any atom is 0.254 e. The van der Waals surface area contributed by atoms with Crippen molar-refractivity contribution in [3.8, 4) is 0 Å². The number of carbonyl (C=O) groups excluding carboxylic acids is 3. The van der Waals surface area contributed by atoms with Crippen LogP contribution in [0.1, 0.15) is 59.3 Å². The summed E-state index contributed by atoms with van der Waals surface area (Å²) in [5.74, 6) is 1.02. The molecule has 3 aromatic rings. The second-order valence-electron chi connectivity index (χ2n) is 11.2. The van der Waals surface area contributed by atoms with Crippen LogP contribution in [0.3, 0.4) is 0 Å². The van der Waals surface area contributed by atoms with Crippen LogP contribution < -0.4 is 4.90 Å². The molecule has 1 atom stereocenters. The molecule has 1 aliphatic carbocycles. The number of anilines is 1. The van der Waals surface area contributed by atoms with E-state index in [1.54, 1.807) is 35.5 Å². The molecule has 1 aromatic carbocycles. The van der Waals surface area contributed by atoms with Crippen LogP contribution in [-0.4, -0.2) is 51.6 Å². The average molecular weight is 557 g/mol. The van der Waals surface area contributed by atoms with Gasteiger partial charge in [-0.2, -0.15) is 0 Å². The van der Waals surface area contributed by atoms with Crippen LogP contribution in [0.5, 0.6) is 0 Å². The van der Waals surface area contributed by atoms with Gasteiger partial charge in [0.05, 0.1) is 6.04 Å². The van der Waals surface area contributed by atoms with E-state index in [2.05, 4.69) is 16.0 Å². The molecule has 8 heteroatoms. The Bertz CT molecular complexity index is 1420. The fourth-order valence-electron chi connectivity index (χ4n) is 6.55. The van der Waals surface area contributed by atoms with Gasteiger partial charge in [0.25, 0.3) is 5.91 Å². The van der Waals surface area contributed by atoms with E-state index < -0.39 is 6.04 Å². The van der Waals surface area contributed by atoms with Gasteiger partial charge in [-0.15, -0.1) is 0 Å². The third-order valence-electron chi connectivity index (χ3n) is 8.67. The van der Waals surface area contributed by atoms with Crippen molar-refractivity contribution in [2.75, 3.05) is 18.0 Å². The quantitative estimate of drug-likeness (QED) is 0.437. The fraction of sp³-hybridized carbons (Fsp3) is 0.406. The smallest absolute Gasteiger partial charge is 0.254 e. The van der Waals surface area contributed by atoms with Crippen molar-refractivity contribution in [1.82, 2.24) is 14.9 Å². The number of fused-ring (bicyclic) bond motifs is 2. The molecular formula is C32H33ClN4O3. The van der Waals surface area contributed by atoms with E-state index >= 15 is 0 Å². The molecule has 3 aliphatic rings. The Hall–Kier alpha value is -3.58. The molecule has 1 fully saturated rings. The zero-order chi connectivity index (χ0) is 27.6. The Morgan fingerprint density at radius 1 is 0.950 bits per heavy atom. The Morgan fingerprint density at radius 3 is 2.58 bits per heavy atom. The second-order valence-corrected chi connectivity index (χ2v) is 11.7. The van der Waals surface area contributed by atoms with Crippen molar-refractivity contribution in [2.45, 2.75) is 57.4 Å². The highest BCUT2D eigenvalue weighted by Crippen LogP contribution is 2.35. The van der Waals surface area contributed by atoms with Gasteiger partial charge in [0.1, 0.15) is 5.82 Å². The molecule has 0 radical (unpaired) electrons. The minimum atomic E-state index is -0.594. The molecule has 1 saturated carbocycles. The minimum absolute atomic E-state index is 0.000136. The highest BCUT2D eigenvalue weighted by molar-refractivity contribution is 6.30. The van der Waals surface area contributed by atoms with Gasteiger partial charge >= 0.3 is 0 Å². The van der Waals surface area contributed by atoms with Crippen LogP contribution >= 0.6 is 11.6 Å². The number of pyridine rings is 2. The molecule has 6 rings (SSSR count). The van der Waals surface area contributed by atoms with Crippen molar-refractivity contribution < 1.29 is 14.4 Å². The molecule has 0 bridgehead atoms. The summed E-state index contributed by atoms with van der Waals surface area (Å²) in [6.45, 7) is 1.20. The van der Waals surface area contributed by atoms with Gasteiger partial charge in [0.15, 0.2) is 5.78 Å². The Balaban J connectivity index is 1.18. The van der Waals surface area contributed by atoms with Crippen LogP contribution in [-0.2, 0) is 28.9 Å². The maximum atomic E-state index is 13.9. The first-order valence-electron chi connectivity index (χ1n) is 14.2. The van der Waals surface area contributed by atoms with E-state index in [1.165, 1.54) is 0 Å². The van der Waals surface area contributed by atoms with Gasteiger partial charge < -0.3 is 4.90 Å². The third kappa shape index (κ3) is 5.39. The molecule has 40 heavy (non-hydrogen) atoms. The van der Waals surface area contributed by atoms with Crippen LogP contribution in [0.4, 0.5) is 5.82 Å². The summed E-state index contributed by atoms with van der Waals surface area (Å²) >= 11 is 6.23. The number of ketones is 1. The first-order chi connectivity index (χ1) is 19.5. The highest BCUT2D eigenvalue weighted by atomic mass is 35.5. The predicted octanol–water partition coefficient (Wildman–Crippen LogP) is 5.09. The minimum Gasteiger partial charge on any atom is -0.328 e. The fourth-order valence-corrected chi connectivity index (χ4v) is 6.75. The molecular weight excluding hydrogens is 524 g/mol. The van der Waals surface area contributed by atoms with Gasteiger partial charge in [0, 0.05) is 60.5 Å². The number of aromatic nitrogens is 2. The van der Waals surface area contributed by atoms with Crippen molar-refractivity contribution in [1.29, 1.82) is 0 Å². The largest absolute Gasteiger partial charge is 0.328 e. The highest BCUT2D eigenvalue weighted by Gasteiger charge is 2.39. The number of carbonyl (C=O) groups is 3. The molecule has 0 unspecified atom stereocenters. The first kappa shape index (κ1) is 26.6. The number of rotatable bonds is 5. The molecule has 0 N–H and O–H groups in total. The van der Waals surface area contributed by atoms with Crippen LogP contribution in [0.15, 0.2) is 60.9 Å². The predicted molar refractivity (Wildman–Crippen MR) is 153 cm³/mol. The lowest BCUT2D eigenvalue weighted by molar-refractivity contribution is -0.123. The Morgan fingerprint density at radius 2 is 1.77 bits per heavy atom. The van der Waals surface area contributed by atoms with E-state index in [4.69, 9.17) is 11.6 Å². The molecule has 206 valence electrons. The number of benzene rings is 1. The van der Waals surface area contributed by atoms with E-state index in [0.717, 1.165) is 55.6 Å². The summed E-state index contributed by atoms with van der Waals surface area (Å²) in [5.41, 5.74) is 3.15. The van der Waals surface area contributed by atoms with Crippen LogP contribution in [0.2, 0.25) is 5.02 Å². The standard InChI is InChI=1S/C32H33ClN4O3/c33-25-12-13-27-24(17-25)18-29(38)28(19-26-7-1-2-14-34-26)37(32(27)40)20-21-8-10-23(11-9-21)31(39)36-16-4-6-22-5-3-15-35-30(22)36/h1-3,5,7,12-15,17,21,23,28H,4,6,8-11,16,18-20H2/t21?,23?,28-/m1/s1. The maximum absolute atomic E-state index is 13.9. The van der Waals surface area contributed by atoms with Gasteiger partial charge in [-0.25, -0.2) is 4.98 Å². The van der Waals surface area contributed by atoms with Crippen molar-refractivity contribution in [2.24, 2.45) is 11.8 Å². The lowest BCUT2D eigenvalue weighted by Crippen LogP contribution is -2.48. The second kappa shape index (κ2) is 11.5. The first-order valence-corrected chi connectivity index (χ1v) is 14.6. The van der Waals surface area contributed by atoms with Crippen molar-refractivity contribution >= 4 is 35.0 Å². The van der Waals surface area contributed by atoms with Crippen LogP contribution in [0.25, 0.3) is 0 Å². The summed E-state index contributed by atoms with van der Waals surface area (Å²) < 4.78 is 0. The van der Waals surface area contributed by atoms with Crippen molar-refractivity contribution in [3.05, 3.63) is 88.3 Å². The molecule has 4 heterocycles. The summed E-state index contributed by atoms with van der Waals surface area (Å²) in [5, 5.41) is 0.517. The summed E-state index contributed by atoms with van der Waals surface area (Å²) in [6.07, 6.45) is 9.14. The molecule has 2 amide bonds. The number of Topliss-reactive ketones (excluding diaryl/α,β-unsaturated/α-hetero) is 1. The van der Waals surface area contributed by atoms with E-state index in [9.17, 15) is 14.4 Å². The monoisotopic (exact) mass is 556 g/mol. The average Bonchev–Trinajstić information content (AvgIpc) is 3.07. The lowest BCUT2D eigenvalue weighted by Gasteiger charge is -2.37. The van der Waals surface area contributed by atoms with E-state index in [1.807, 2.05) is 29.2 Å². The van der Waals surface area contributed by atoms with Gasteiger partial charge in [-0.05, 0) is 92.0 Å². The van der Waals surface area contributed by atoms with E-state index in [-0.39, 0.29) is 35.9 Å². The third-order valence-corrected chi connectivity index (χ3v) is 8.90. The topological polar surface area (TPSA) is 83.5 Å². The number of nitrogens with zero attached hydrogens (tertiary/aromatic N) is 4.